The van der Waals surface area contributed by atoms with Gasteiger partial charge in [-0.25, -0.2) is 4.79 Å². The minimum Gasteiger partial charge on any atom is -0.289 e. The van der Waals surface area contributed by atoms with E-state index in [0.717, 1.165) is 22.1 Å². The molecule has 100 valence electrons. The smallest absolute Gasteiger partial charge is 0.289 e. The molecular weight excluding hydrogens is 248 g/mol. The normalized spacial score (nSPS) is 14.3. The third-order valence-corrected chi connectivity index (χ3v) is 3.46. The Labute approximate surface area is 118 Å². The average Bonchev–Trinajstić information content (AvgIpc) is 2.48. The molecule has 0 spiro atoms. The Morgan fingerprint density at radius 1 is 1.15 bits per heavy atom. The van der Waals surface area contributed by atoms with Crippen molar-refractivity contribution in [1.82, 2.24) is 0 Å². The zero-order valence-electron chi connectivity index (χ0n) is 11.4. The fourth-order valence-electron chi connectivity index (χ4n) is 2.66. The lowest BCUT2D eigenvalue weighted by Crippen LogP contribution is -2.43. The molecule has 0 N–H and O–H groups in total. The number of carbonyl (C=O) groups excluding carboxylic acids is 1. The van der Waals surface area contributed by atoms with Gasteiger partial charge in [0.25, 0.3) is 0 Å². The van der Waals surface area contributed by atoms with Crippen LogP contribution < -0.4 is 9.80 Å². The minimum atomic E-state index is -0.0470. The van der Waals surface area contributed by atoms with Gasteiger partial charge < -0.3 is 0 Å². The van der Waals surface area contributed by atoms with Crippen LogP contribution in [0.5, 0.6) is 0 Å². The van der Waals surface area contributed by atoms with Gasteiger partial charge in [-0.2, -0.15) is 0 Å². The Balaban J connectivity index is 2.34. The lowest BCUT2D eigenvalue weighted by molar-refractivity contribution is 0.253. The van der Waals surface area contributed by atoms with Crippen LogP contribution in [0.3, 0.4) is 0 Å². The predicted molar refractivity (Wildman–Crippen MR) is 84.2 cm³/mol. The molecular formula is C17H16N2O. The van der Waals surface area contributed by atoms with E-state index in [0.29, 0.717) is 6.54 Å². The third kappa shape index (κ3) is 1.71. The summed E-state index contributed by atoms with van der Waals surface area (Å²) in [6.45, 7) is 6.16. The lowest BCUT2D eigenvalue weighted by atomic mass is 10.0. The first-order valence-corrected chi connectivity index (χ1v) is 6.64. The molecule has 1 heterocycles. The van der Waals surface area contributed by atoms with E-state index in [4.69, 9.17) is 0 Å². The van der Waals surface area contributed by atoms with Crippen molar-refractivity contribution in [2.24, 2.45) is 0 Å². The molecule has 0 aromatic heterocycles. The van der Waals surface area contributed by atoms with Crippen LogP contribution in [0.1, 0.15) is 6.92 Å². The minimum absolute atomic E-state index is 0.0470. The summed E-state index contributed by atoms with van der Waals surface area (Å²) in [4.78, 5) is 16.1. The SMILES string of the molecule is C=CCN1C(=O)N(C=CC)c2cccc3cccc1c23. The summed E-state index contributed by atoms with van der Waals surface area (Å²) in [5.41, 5.74) is 1.88. The Morgan fingerprint density at radius 3 is 2.50 bits per heavy atom. The molecule has 0 aliphatic carbocycles. The van der Waals surface area contributed by atoms with Gasteiger partial charge in [-0.3, -0.25) is 9.80 Å². The van der Waals surface area contributed by atoms with Crippen molar-refractivity contribution < 1.29 is 4.79 Å². The number of hydrogen-bond donors (Lipinski definition) is 0. The molecule has 0 saturated heterocycles. The molecule has 2 aromatic carbocycles. The van der Waals surface area contributed by atoms with Crippen LogP contribution in [0, 0.1) is 0 Å². The van der Waals surface area contributed by atoms with E-state index in [2.05, 4.69) is 18.7 Å². The molecule has 0 radical (unpaired) electrons. The molecule has 0 bridgehead atoms. The van der Waals surface area contributed by atoms with Gasteiger partial charge in [0.15, 0.2) is 0 Å². The molecule has 1 aliphatic rings. The summed E-state index contributed by atoms with van der Waals surface area (Å²) < 4.78 is 0. The van der Waals surface area contributed by atoms with Crippen LogP contribution in [-0.4, -0.2) is 12.6 Å². The summed E-state index contributed by atoms with van der Waals surface area (Å²) in [7, 11) is 0. The fourth-order valence-corrected chi connectivity index (χ4v) is 2.66. The molecule has 0 saturated carbocycles. The van der Waals surface area contributed by atoms with Crippen LogP contribution >= 0.6 is 0 Å². The van der Waals surface area contributed by atoms with Gasteiger partial charge in [-0.1, -0.05) is 36.4 Å². The first-order valence-electron chi connectivity index (χ1n) is 6.64. The van der Waals surface area contributed by atoms with Crippen molar-refractivity contribution in [3.8, 4) is 0 Å². The van der Waals surface area contributed by atoms with Crippen molar-refractivity contribution in [3.63, 3.8) is 0 Å². The quantitative estimate of drug-likeness (QED) is 0.758. The van der Waals surface area contributed by atoms with Gasteiger partial charge >= 0.3 is 6.03 Å². The standard InChI is InChI=1S/C17H16N2O/c1-3-11-18-14-9-5-7-13-8-6-10-15(16(13)14)19(12-4-2)17(18)20/h3-10,12H,1,11H2,2H3. The Morgan fingerprint density at radius 2 is 1.85 bits per heavy atom. The van der Waals surface area contributed by atoms with Gasteiger partial charge in [0, 0.05) is 18.1 Å². The van der Waals surface area contributed by atoms with Crippen LogP contribution in [0.25, 0.3) is 10.8 Å². The van der Waals surface area contributed by atoms with Crippen LogP contribution in [0.4, 0.5) is 16.2 Å². The van der Waals surface area contributed by atoms with E-state index in [9.17, 15) is 4.79 Å². The number of rotatable bonds is 3. The van der Waals surface area contributed by atoms with Gasteiger partial charge in [0.1, 0.15) is 0 Å². The van der Waals surface area contributed by atoms with Crippen molar-refractivity contribution in [2.45, 2.75) is 6.92 Å². The average molecular weight is 264 g/mol. The van der Waals surface area contributed by atoms with Crippen LogP contribution in [0.15, 0.2) is 61.3 Å². The van der Waals surface area contributed by atoms with E-state index in [1.54, 1.807) is 15.9 Å². The monoisotopic (exact) mass is 264 g/mol. The highest BCUT2D eigenvalue weighted by molar-refractivity contribution is 6.20. The van der Waals surface area contributed by atoms with E-state index >= 15 is 0 Å². The van der Waals surface area contributed by atoms with Crippen molar-refractivity contribution in [2.75, 3.05) is 16.3 Å². The van der Waals surface area contributed by atoms with E-state index in [1.165, 1.54) is 0 Å². The molecule has 3 nitrogen and oxygen atoms in total. The first-order chi connectivity index (χ1) is 9.77. The van der Waals surface area contributed by atoms with Crippen LogP contribution in [0.2, 0.25) is 0 Å². The molecule has 1 aliphatic heterocycles. The molecule has 0 unspecified atom stereocenters. The van der Waals surface area contributed by atoms with Crippen LogP contribution in [-0.2, 0) is 0 Å². The molecule has 0 atom stereocenters. The second kappa shape index (κ2) is 4.85. The Bertz CT molecular complexity index is 713. The topological polar surface area (TPSA) is 23.6 Å². The number of allylic oxidation sites excluding steroid dienone is 1. The van der Waals surface area contributed by atoms with Crippen molar-refractivity contribution in [3.05, 3.63) is 61.3 Å². The number of benzene rings is 2. The number of urea groups is 1. The lowest BCUT2D eigenvalue weighted by Gasteiger charge is -2.34. The zero-order chi connectivity index (χ0) is 14.1. The Hall–Kier alpha value is -2.55. The maximum absolute atomic E-state index is 12.7. The number of amides is 2. The predicted octanol–water partition coefficient (Wildman–Crippen LogP) is 4.31. The molecule has 3 rings (SSSR count). The van der Waals surface area contributed by atoms with Gasteiger partial charge in [-0.05, 0) is 24.4 Å². The number of anilines is 2. The highest BCUT2D eigenvalue weighted by Gasteiger charge is 2.29. The molecule has 2 aromatic rings. The number of nitrogens with zero attached hydrogens (tertiary/aromatic N) is 2. The number of carbonyl (C=O) groups is 1. The highest BCUT2D eigenvalue weighted by atomic mass is 16.2. The van der Waals surface area contributed by atoms with Gasteiger partial charge in [0.2, 0.25) is 0 Å². The molecule has 3 heteroatoms. The second-order valence-corrected chi connectivity index (χ2v) is 4.69. The fraction of sp³-hybridized carbons (Fsp3) is 0.118. The number of hydrogen-bond acceptors (Lipinski definition) is 1. The van der Waals surface area contributed by atoms with Gasteiger partial charge in [0.05, 0.1) is 11.4 Å². The van der Waals surface area contributed by atoms with E-state index in [1.807, 2.05) is 43.5 Å². The third-order valence-electron chi connectivity index (χ3n) is 3.46. The molecule has 20 heavy (non-hydrogen) atoms. The summed E-state index contributed by atoms with van der Waals surface area (Å²) >= 11 is 0. The summed E-state index contributed by atoms with van der Waals surface area (Å²) in [6.07, 6.45) is 5.43. The maximum atomic E-state index is 12.7. The summed E-state index contributed by atoms with van der Waals surface area (Å²) in [5, 5.41) is 2.24. The van der Waals surface area contributed by atoms with E-state index < -0.39 is 0 Å². The summed E-state index contributed by atoms with van der Waals surface area (Å²) in [5.74, 6) is 0. The molecule has 2 amide bonds. The highest BCUT2D eigenvalue weighted by Crippen LogP contribution is 2.40. The van der Waals surface area contributed by atoms with E-state index in [-0.39, 0.29) is 6.03 Å². The maximum Gasteiger partial charge on any atom is 0.333 e. The second-order valence-electron chi connectivity index (χ2n) is 4.69. The zero-order valence-corrected chi connectivity index (χ0v) is 11.4. The van der Waals surface area contributed by atoms with Crippen molar-refractivity contribution in [1.29, 1.82) is 0 Å². The first kappa shape index (κ1) is 12.5. The summed E-state index contributed by atoms with van der Waals surface area (Å²) in [6, 6.07) is 12.0. The molecule has 0 fully saturated rings. The Kier molecular flexibility index (Phi) is 3.03. The largest absolute Gasteiger partial charge is 0.333 e. The van der Waals surface area contributed by atoms with Crippen molar-refractivity contribution >= 4 is 28.2 Å². The van der Waals surface area contributed by atoms with Gasteiger partial charge in [-0.15, -0.1) is 6.58 Å².